The van der Waals surface area contributed by atoms with Crippen LogP contribution in [-0.2, 0) is 53.0 Å². The van der Waals surface area contributed by atoms with Crippen molar-refractivity contribution in [3.05, 3.63) is 78.4 Å². The van der Waals surface area contributed by atoms with Crippen molar-refractivity contribution in [2.24, 2.45) is 16.6 Å². The molecular formula is C52H72N12O16S. The fourth-order valence-electron chi connectivity index (χ4n) is 7.85. The molecule has 0 bridgehead atoms. The van der Waals surface area contributed by atoms with E-state index in [1.165, 1.54) is 84.6 Å². The van der Waals surface area contributed by atoms with Crippen molar-refractivity contribution in [2.45, 2.75) is 95.3 Å². The summed E-state index contributed by atoms with van der Waals surface area (Å²) in [6, 6.07) is 11.2. The Morgan fingerprint density at radius 2 is 1.28 bits per heavy atom. The normalized spacial score (nSPS) is 14.4. The van der Waals surface area contributed by atoms with E-state index in [0.717, 1.165) is 0 Å². The minimum atomic E-state index is -4.17. The number of nitrogens with two attached hydrogens (primary N) is 1. The zero-order chi connectivity index (χ0) is 59.5. The van der Waals surface area contributed by atoms with Gasteiger partial charge >= 0.3 is 30.0 Å². The molecule has 81 heavy (non-hydrogen) atoms. The molecule has 1 fully saturated rings. The van der Waals surface area contributed by atoms with Crippen molar-refractivity contribution in [2.75, 3.05) is 79.9 Å². The summed E-state index contributed by atoms with van der Waals surface area (Å²) in [6.45, 7) is 8.18. The first kappa shape index (κ1) is 65.1. The van der Waals surface area contributed by atoms with E-state index in [0.29, 0.717) is 30.8 Å². The quantitative estimate of drug-likeness (QED) is 0.0243. The molecule has 442 valence electrons. The average Bonchev–Trinajstić information content (AvgIpc) is 3.97. The van der Waals surface area contributed by atoms with E-state index in [1.807, 2.05) is 6.92 Å². The summed E-state index contributed by atoms with van der Waals surface area (Å²) >= 11 is 0. The van der Waals surface area contributed by atoms with Crippen LogP contribution < -0.4 is 53.0 Å². The zero-order valence-corrected chi connectivity index (χ0v) is 46.2. The lowest BCUT2D eigenvalue weighted by molar-refractivity contribution is -0.146. The van der Waals surface area contributed by atoms with Crippen molar-refractivity contribution in [1.29, 1.82) is 0 Å². The Hall–Kier alpha value is -8.41. The Morgan fingerprint density at radius 1 is 0.704 bits per heavy atom. The van der Waals surface area contributed by atoms with E-state index in [1.54, 1.807) is 13.8 Å². The molecule has 29 heteroatoms. The molecule has 1 heterocycles. The Morgan fingerprint density at radius 3 is 1.90 bits per heavy atom. The van der Waals surface area contributed by atoms with Crippen molar-refractivity contribution in [3.63, 3.8) is 0 Å². The number of aliphatic imine (C=N–C) groups is 1. The molecular weight excluding hydrogens is 1080 g/mol. The molecule has 0 spiro atoms. The van der Waals surface area contributed by atoms with Gasteiger partial charge in [0.15, 0.2) is 0 Å². The summed E-state index contributed by atoms with van der Waals surface area (Å²) in [5.74, 6) is -5.56. The molecule has 0 radical (unpaired) electrons. The molecule has 4 atom stereocenters. The molecule has 13 N–H and O–H groups in total. The summed E-state index contributed by atoms with van der Waals surface area (Å²) < 4.78 is 45.4. The van der Waals surface area contributed by atoms with Gasteiger partial charge < -0.3 is 77.6 Å². The van der Waals surface area contributed by atoms with Crippen LogP contribution in [0.1, 0.15) is 77.8 Å². The summed E-state index contributed by atoms with van der Waals surface area (Å²) in [6.07, 6.45) is -0.0523. The molecule has 3 aromatic rings. The first-order chi connectivity index (χ1) is 38.5. The minimum Gasteiger partial charge on any atom is -0.481 e. The number of hydrogen-bond donors (Lipinski definition) is 12. The van der Waals surface area contributed by atoms with Crippen LogP contribution in [0.15, 0.2) is 82.7 Å². The number of ether oxygens (including phenoxy) is 3. The van der Waals surface area contributed by atoms with Crippen LogP contribution in [0, 0.1) is 5.92 Å². The molecule has 0 aromatic heterocycles. The van der Waals surface area contributed by atoms with E-state index in [9.17, 15) is 61.8 Å². The highest BCUT2D eigenvalue weighted by molar-refractivity contribution is 7.92. The first-order valence-electron chi connectivity index (χ1n) is 26.0. The lowest BCUT2D eigenvalue weighted by Crippen LogP contribution is -2.56. The highest BCUT2D eigenvalue weighted by atomic mass is 32.2. The van der Waals surface area contributed by atoms with Gasteiger partial charge in [-0.3, -0.25) is 33.5 Å². The van der Waals surface area contributed by atoms with Crippen LogP contribution in [0.2, 0.25) is 0 Å². The number of carbonyl (C=O) groups is 9. The number of carboxylic acids is 2. The lowest BCUT2D eigenvalue weighted by Gasteiger charge is -2.29. The van der Waals surface area contributed by atoms with Crippen molar-refractivity contribution in [3.8, 4) is 0 Å². The van der Waals surface area contributed by atoms with Crippen molar-refractivity contribution < 1.29 is 76.0 Å². The SMILES string of the molecule is CCCNC(=O)Nc1cccc(S(=O)(=O)Nc2cccc([C@@H](CC(=O)O)NC(=O)Nc3ccc(NC(=O)NCCOCCOCCOCCC(=O)N[C@@H](CC(=O)O)C(=O)N4CCC[C@H]4C(=O)N[C@H](C(=O)/N=C(/C)N)C(C)C)cc3)c2)c1. The number of amides is 10. The number of nitrogens with zero attached hydrogens (tertiary/aromatic N) is 2. The Balaban J connectivity index is 1.10. The van der Waals surface area contributed by atoms with Crippen molar-refractivity contribution >= 4 is 92.3 Å². The number of benzene rings is 3. The number of amidine groups is 1. The Labute approximate surface area is 468 Å². The van der Waals surface area contributed by atoms with Gasteiger partial charge in [-0.2, -0.15) is 4.99 Å². The third-order valence-corrected chi connectivity index (χ3v) is 13.1. The topological polar surface area (TPSA) is 406 Å². The standard InChI is InChI=1S/C52H72N12O16S/c1-5-19-54-50(73)59-37-10-7-12-39(29-37)81(76,77)63-38-11-6-9-34(28-38)40(30-44(66)67)61-52(75)58-36-16-14-35(15-17-36)57-51(74)55-20-23-79-25-27-80-26-24-78-22-18-43(65)60-41(31-45(68)69)49(72)64-21-8-13-42(64)47(70)62-46(32(2)3)48(71)56-33(4)53/h6-7,9-12,14-17,28-29,32,40-42,46,63H,5,8,13,18-27,30-31H2,1-4H3,(H,60,65)(H,62,70)(H,66,67)(H,68,69)(H2,53,56,71)(H2,54,59,73)(H2,55,57,74)(H2,58,61,75)/t40-,41+,42+,46+/m1/s1. The van der Waals surface area contributed by atoms with Gasteiger partial charge in [-0.15, -0.1) is 0 Å². The third-order valence-electron chi connectivity index (χ3n) is 11.7. The fourth-order valence-corrected chi connectivity index (χ4v) is 8.94. The van der Waals surface area contributed by atoms with Crippen LogP contribution in [0.25, 0.3) is 0 Å². The highest BCUT2D eigenvalue weighted by Crippen LogP contribution is 2.25. The number of likely N-dealkylation sites (tertiary alicyclic amines) is 1. The maximum absolute atomic E-state index is 13.5. The molecule has 1 aliphatic heterocycles. The molecule has 28 nitrogen and oxygen atoms in total. The first-order valence-corrected chi connectivity index (χ1v) is 27.4. The van der Waals surface area contributed by atoms with Gasteiger partial charge in [0, 0.05) is 48.8 Å². The predicted octanol–water partition coefficient (Wildman–Crippen LogP) is 2.91. The van der Waals surface area contributed by atoms with E-state index >= 15 is 0 Å². The van der Waals surface area contributed by atoms with Crippen LogP contribution in [0.4, 0.5) is 37.1 Å². The van der Waals surface area contributed by atoms with Gasteiger partial charge in [-0.1, -0.05) is 39.0 Å². The van der Waals surface area contributed by atoms with Gasteiger partial charge in [0.25, 0.3) is 15.9 Å². The number of hydrogen-bond acceptors (Lipinski definition) is 14. The monoisotopic (exact) mass is 1150 g/mol. The van der Waals surface area contributed by atoms with Crippen molar-refractivity contribution in [1.82, 2.24) is 31.5 Å². The number of urea groups is 3. The molecule has 1 saturated heterocycles. The predicted molar refractivity (Wildman–Crippen MR) is 297 cm³/mol. The average molecular weight is 1150 g/mol. The number of rotatable bonds is 32. The Bertz CT molecular complexity index is 2800. The number of carbonyl (C=O) groups excluding carboxylic acids is 7. The summed E-state index contributed by atoms with van der Waals surface area (Å²) in [4.78, 5) is 118. The lowest BCUT2D eigenvalue weighted by atomic mass is 10.0. The molecule has 10 amide bonds. The third kappa shape index (κ3) is 23.5. The van der Waals surface area contributed by atoms with E-state index in [-0.39, 0.29) is 99.2 Å². The van der Waals surface area contributed by atoms with Gasteiger partial charge in [0.2, 0.25) is 17.7 Å². The highest BCUT2D eigenvalue weighted by Gasteiger charge is 2.40. The number of sulfonamides is 1. The molecule has 3 aromatic carbocycles. The van der Waals surface area contributed by atoms with E-state index < -0.39 is 101 Å². The second kappa shape index (κ2) is 33.2. The fraction of sp³-hybridized carbons (Fsp3) is 0.462. The molecule has 0 unspecified atom stereocenters. The van der Waals surface area contributed by atoms with Gasteiger partial charge in [0.1, 0.15) is 18.1 Å². The van der Waals surface area contributed by atoms with Crippen LogP contribution in [0.5, 0.6) is 0 Å². The maximum Gasteiger partial charge on any atom is 0.319 e. The van der Waals surface area contributed by atoms with Crippen LogP contribution in [0.3, 0.4) is 0 Å². The van der Waals surface area contributed by atoms with Crippen LogP contribution in [-0.4, -0.2) is 160 Å². The Kier molecular flexibility index (Phi) is 26.7. The largest absolute Gasteiger partial charge is 0.481 e. The van der Waals surface area contributed by atoms with Gasteiger partial charge in [-0.25, -0.2) is 22.8 Å². The molecule has 0 saturated carbocycles. The summed E-state index contributed by atoms with van der Waals surface area (Å²) in [7, 11) is -4.17. The number of aliphatic carboxylic acids is 2. The minimum absolute atomic E-state index is 0.0201. The number of nitrogens with one attached hydrogen (secondary N) is 9. The molecule has 4 rings (SSSR count). The van der Waals surface area contributed by atoms with E-state index in [4.69, 9.17) is 19.9 Å². The molecule has 1 aliphatic rings. The number of anilines is 4. The smallest absolute Gasteiger partial charge is 0.319 e. The second-order valence-corrected chi connectivity index (χ2v) is 20.3. The maximum atomic E-state index is 13.5. The van der Waals surface area contributed by atoms with Gasteiger partial charge in [-0.05, 0) is 92.3 Å². The summed E-state index contributed by atoms with van der Waals surface area (Å²) in [5.41, 5.74) is 6.84. The van der Waals surface area contributed by atoms with Crippen LogP contribution >= 0.6 is 0 Å². The van der Waals surface area contributed by atoms with E-state index in [2.05, 4.69) is 52.2 Å². The second-order valence-electron chi connectivity index (χ2n) is 18.7. The van der Waals surface area contributed by atoms with Gasteiger partial charge in [0.05, 0.1) is 69.3 Å². The zero-order valence-electron chi connectivity index (χ0n) is 45.4. The molecule has 0 aliphatic carbocycles. The summed E-state index contributed by atoms with van der Waals surface area (Å²) in [5, 5.41) is 39.9. The number of carboxylic acid groups (broad SMARTS) is 2.